The lowest BCUT2D eigenvalue weighted by Crippen LogP contribution is -2.49. The molecule has 186 valence electrons. The number of fused-ring (bicyclic) bond motifs is 2. The Morgan fingerprint density at radius 3 is 2.46 bits per heavy atom. The van der Waals surface area contributed by atoms with Crippen molar-refractivity contribution in [3.8, 4) is 0 Å². The Bertz CT molecular complexity index is 1520. The quantitative estimate of drug-likeness (QED) is 0.391. The van der Waals surface area contributed by atoms with Crippen LogP contribution in [0.25, 0.3) is 11.0 Å². The van der Waals surface area contributed by atoms with Gasteiger partial charge >= 0.3 is 0 Å². The average Bonchev–Trinajstić information content (AvgIpc) is 3.44. The number of imide groups is 1. The van der Waals surface area contributed by atoms with Gasteiger partial charge < -0.3 is 9.80 Å². The van der Waals surface area contributed by atoms with Crippen LogP contribution < -0.4 is 4.90 Å². The Hall–Kier alpha value is -4.60. The zero-order valence-corrected chi connectivity index (χ0v) is 20.4. The number of aryl methyl sites for hydroxylation is 1. The van der Waals surface area contributed by atoms with Gasteiger partial charge in [0.15, 0.2) is 5.65 Å². The fourth-order valence-corrected chi connectivity index (χ4v) is 5.02. The maximum Gasteiger partial charge on any atom is 0.261 e. The molecule has 0 radical (unpaired) electrons. The van der Waals surface area contributed by atoms with Gasteiger partial charge in [0, 0.05) is 45.3 Å². The van der Waals surface area contributed by atoms with Crippen LogP contribution in [0.15, 0.2) is 61.1 Å². The maximum atomic E-state index is 13.3. The van der Waals surface area contributed by atoms with E-state index in [9.17, 15) is 14.4 Å². The Morgan fingerprint density at radius 1 is 0.919 bits per heavy atom. The second-order valence-electron chi connectivity index (χ2n) is 9.24. The molecular weight excluding hydrogens is 470 g/mol. The molecule has 0 bridgehead atoms. The van der Waals surface area contributed by atoms with E-state index in [2.05, 4.69) is 20.0 Å². The van der Waals surface area contributed by atoms with Crippen molar-refractivity contribution in [1.82, 2.24) is 29.5 Å². The van der Waals surface area contributed by atoms with E-state index in [1.807, 2.05) is 37.4 Å². The topological polar surface area (TPSA) is 105 Å². The number of aromatic nitrogens is 4. The summed E-state index contributed by atoms with van der Waals surface area (Å²) < 4.78 is 1.71. The number of carbonyl (C=O) groups is 3. The summed E-state index contributed by atoms with van der Waals surface area (Å²) in [7, 11) is 1.84. The summed E-state index contributed by atoms with van der Waals surface area (Å²) >= 11 is 0. The molecule has 0 unspecified atom stereocenters. The van der Waals surface area contributed by atoms with E-state index in [-0.39, 0.29) is 17.7 Å². The molecule has 1 saturated heterocycles. The molecule has 3 amide bonds. The van der Waals surface area contributed by atoms with E-state index in [0.717, 1.165) is 22.4 Å². The van der Waals surface area contributed by atoms with Crippen LogP contribution in [-0.4, -0.2) is 80.0 Å². The zero-order chi connectivity index (χ0) is 25.5. The summed E-state index contributed by atoms with van der Waals surface area (Å²) in [5.41, 5.74) is 2.88. The highest BCUT2D eigenvalue weighted by Crippen LogP contribution is 2.26. The summed E-state index contributed by atoms with van der Waals surface area (Å²) in [5.74, 6) is -0.00293. The van der Waals surface area contributed by atoms with Crippen LogP contribution in [0.2, 0.25) is 0 Å². The van der Waals surface area contributed by atoms with E-state index >= 15 is 0 Å². The number of nitrogens with zero attached hydrogens (tertiary/aromatic N) is 7. The van der Waals surface area contributed by atoms with Crippen molar-refractivity contribution < 1.29 is 14.4 Å². The van der Waals surface area contributed by atoms with Crippen LogP contribution in [0.5, 0.6) is 0 Å². The predicted molar refractivity (Wildman–Crippen MR) is 136 cm³/mol. The fraction of sp³-hybridized carbons (Fsp3) is 0.259. The molecule has 0 N–H and O–H groups in total. The van der Waals surface area contributed by atoms with Crippen molar-refractivity contribution in [2.75, 3.05) is 37.6 Å². The van der Waals surface area contributed by atoms with Gasteiger partial charge in [-0.3, -0.25) is 24.0 Å². The fourth-order valence-electron chi connectivity index (χ4n) is 5.02. The SMILES string of the molecule is Cn1ncc2c(N3CCN(C(=O)c4ccc5c(c4)C(=O)N(CCc4ccccc4)C5=O)CC3)ncnc21. The van der Waals surface area contributed by atoms with Gasteiger partial charge in [0.1, 0.15) is 12.1 Å². The third-order valence-electron chi connectivity index (χ3n) is 7.06. The largest absolute Gasteiger partial charge is 0.352 e. The standard InChI is InChI=1S/C27H25N7O3/c1-31-23-22(16-30-31)24(29-17-28-23)32-11-13-33(14-12-32)25(35)19-7-8-20-21(15-19)27(37)34(26(20)36)10-9-18-5-3-2-4-6-18/h2-8,15-17H,9-14H2,1H3. The maximum absolute atomic E-state index is 13.3. The third kappa shape index (κ3) is 4.00. The first-order valence-corrected chi connectivity index (χ1v) is 12.2. The molecule has 4 heterocycles. The van der Waals surface area contributed by atoms with Crippen LogP contribution in [0.1, 0.15) is 36.6 Å². The van der Waals surface area contributed by atoms with Gasteiger partial charge in [0.25, 0.3) is 17.7 Å². The second kappa shape index (κ2) is 9.12. The van der Waals surface area contributed by atoms with E-state index in [1.165, 1.54) is 11.2 Å². The molecule has 2 aromatic carbocycles. The monoisotopic (exact) mass is 495 g/mol. The summed E-state index contributed by atoms with van der Waals surface area (Å²) in [6, 6.07) is 14.5. The number of rotatable bonds is 5. The molecule has 0 saturated carbocycles. The number of benzene rings is 2. The highest BCUT2D eigenvalue weighted by Gasteiger charge is 2.36. The van der Waals surface area contributed by atoms with Crippen molar-refractivity contribution in [3.05, 3.63) is 83.3 Å². The molecule has 2 aliphatic heterocycles. The van der Waals surface area contributed by atoms with Gasteiger partial charge in [-0.15, -0.1) is 0 Å². The number of amides is 3. The normalized spacial score (nSPS) is 15.5. The van der Waals surface area contributed by atoms with Crippen molar-refractivity contribution >= 4 is 34.6 Å². The first-order valence-electron chi connectivity index (χ1n) is 12.2. The minimum absolute atomic E-state index is 0.153. The molecule has 0 spiro atoms. The van der Waals surface area contributed by atoms with Gasteiger partial charge in [0.2, 0.25) is 0 Å². The van der Waals surface area contributed by atoms with Crippen molar-refractivity contribution in [2.24, 2.45) is 7.05 Å². The minimum Gasteiger partial charge on any atom is -0.352 e. The molecule has 37 heavy (non-hydrogen) atoms. The lowest BCUT2D eigenvalue weighted by molar-refractivity contribution is 0.0655. The van der Waals surface area contributed by atoms with Crippen LogP contribution in [0, 0.1) is 0 Å². The highest BCUT2D eigenvalue weighted by molar-refractivity contribution is 6.22. The Balaban J connectivity index is 1.14. The van der Waals surface area contributed by atoms with Gasteiger partial charge in [-0.1, -0.05) is 30.3 Å². The molecule has 1 fully saturated rings. The van der Waals surface area contributed by atoms with Gasteiger partial charge in [-0.2, -0.15) is 5.10 Å². The molecule has 0 atom stereocenters. The molecule has 10 nitrogen and oxygen atoms in total. The van der Waals surface area contributed by atoms with Gasteiger partial charge in [-0.05, 0) is 30.2 Å². The second-order valence-corrected chi connectivity index (χ2v) is 9.24. The van der Waals surface area contributed by atoms with Crippen LogP contribution in [0.3, 0.4) is 0 Å². The van der Waals surface area contributed by atoms with Gasteiger partial charge in [-0.25, -0.2) is 9.97 Å². The van der Waals surface area contributed by atoms with E-state index in [0.29, 0.717) is 55.8 Å². The highest BCUT2D eigenvalue weighted by atomic mass is 16.2. The minimum atomic E-state index is -0.348. The van der Waals surface area contributed by atoms with E-state index in [1.54, 1.807) is 34.0 Å². The lowest BCUT2D eigenvalue weighted by Gasteiger charge is -2.35. The molecule has 6 rings (SSSR count). The first kappa shape index (κ1) is 22.8. The van der Waals surface area contributed by atoms with Crippen LogP contribution in [0.4, 0.5) is 5.82 Å². The van der Waals surface area contributed by atoms with E-state index < -0.39 is 0 Å². The number of piperazine rings is 1. The average molecular weight is 496 g/mol. The molecule has 4 aromatic rings. The summed E-state index contributed by atoms with van der Waals surface area (Å²) in [4.78, 5) is 53.1. The molecule has 2 aromatic heterocycles. The summed E-state index contributed by atoms with van der Waals surface area (Å²) in [6.07, 6.45) is 3.87. The molecule has 2 aliphatic rings. The number of hydrogen-bond donors (Lipinski definition) is 0. The molecule has 0 aliphatic carbocycles. The Labute approximate surface area is 213 Å². The van der Waals surface area contributed by atoms with Crippen LogP contribution in [-0.2, 0) is 13.5 Å². The van der Waals surface area contributed by atoms with E-state index in [4.69, 9.17) is 0 Å². The van der Waals surface area contributed by atoms with Crippen LogP contribution >= 0.6 is 0 Å². The Kier molecular flexibility index (Phi) is 5.63. The first-order chi connectivity index (χ1) is 18.0. The smallest absolute Gasteiger partial charge is 0.261 e. The third-order valence-corrected chi connectivity index (χ3v) is 7.06. The van der Waals surface area contributed by atoms with Gasteiger partial charge in [0.05, 0.1) is 22.7 Å². The lowest BCUT2D eigenvalue weighted by atomic mass is 10.0. The zero-order valence-electron chi connectivity index (χ0n) is 20.4. The number of anilines is 1. The van der Waals surface area contributed by atoms with Crippen molar-refractivity contribution in [3.63, 3.8) is 0 Å². The molecule has 10 heteroatoms. The van der Waals surface area contributed by atoms with Crippen molar-refractivity contribution in [1.29, 1.82) is 0 Å². The number of carbonyl (C=O) groups excluding carboxylic acids is 3. The molecular formula is C27H25N7O3. The van der Waals surface area contributed by atoms with Crippen molar-refractivity contribution in [2.45, 2.75) is 6.42 Å². The predicted octanol–water partition coefficient (Wildman–Crippen LogP) is 2.16. The summed E-state index contributed by atoms with van der Waals surface area (Å²) in [5, 5.41) is 5.15. The summed E-state index contributed by atoms with van der Waals surface area (Å²) in [6.45, 7) is 2.55. The number of hydrogen-bond acceptors (Lipinski definition) is 7. The Morgan fingerprint density at radius 2 is 1.68 bits per heavy atom.